The summed E-state index contributed by atoms with van der Waals surface area (Å²) in [4.78, 5) is 15.8. The van der Waals surface area contributed by atoms with Crippen molar-refractivity contribution in [3.8, 4) is 0 Å². The van der Waals surface area contributed by atoms with Gasteiger partial charge < -0.3 is 11.1 Å². The first-order chi connectivity index (χ1) is 8.37. The molecule has 18 heavy (non-hydrogen) atoms. The largest absolute Gasteiger partial charge is 0.397 e. The monoisotopic (exact) mass is 333 g/mol. The Morgan fingerprint density at radius 2 is 2.28 bits per heavy atom. The van der Waals surface area contributed by atoms with Gasteiger partial charge in [-0.25, -0.2) is 13.4 Å². The number of hydrogen-bond acceptors (Lipinski definition) is 5. The standard InChI is InChI=1S/C10H12BrN3O3S/c11-8-3-7(12)4-13-9(8)14-10(15)6-1-2-18(16,17)5-6/h3-4,6H,1-2,5,12H2,(H,13,14,15). The van der Waals surface area contributed by atoms with E-state index in [1.165, 1.54) is 6.20 Å². The van der Waals surface area contributed by atoms with Crippen LogP contribution in [0, 0.1) is 5.92 Å². The number of nitrogens with one attached hydrogen (secondary N) is 1. The highest BCUT2D eigenvalue weighted by Crippen LogP contribution is 2.24. The summed E-state index contributed by atoms with van der Waals surface area (Å²) in [6.07, 6.45) is 1.78. The number of nitrogens with zero attached hydrogens (tertiary/aromatic N) is 1. The van der Waals surface area contributed by atoms with Gasteiger partial charge in [0, 0.05) is 0 Å². The van der Waals surface area contributed by atoms with Gasteiger partial charge in [-0.1, -0.05) is 0 Å². The third-order valence-corrected chi connectivity index (χ3v) is 5.08. The van der Waals surface area contributed by atoms with Crippen molar-refractivity contribution in [1.29, 1.82) is 0 Å². The zero-order valence-electron chi connectivity index (χ0n) is 9.39. The van der Waals surface area contributed by atoms with Crippen LogP contribution in [0.4, 0.5) is 11.5 Å². The van der Waals surface area contributed by atoms with Gasteiger partial charge in [0.15, 0.2) is 9.84 Å². The molecule has 0 spiro atoms. The molecule has 0 bridgehead atoms. The highest BCUT2D eigenvalue weighted by atomic mass is 79.9. The lowest BCUT2D eigenvalue weighted by Gasteiger charge is -2.10. The van der Waals surface area contributed by atoms with Crippen molar-refractivity contribution >= 4 is 43.2 Å². The summed E-state index contributed by atoms with van der Waals surface area (Å²) in [7, 11) is -3.06. The molecule has 1 unspecified atom stereocenters. The van der Waals surface area contributed by atoms with E-state index in [0.29, 0.717) is 22.4 Å². The lowest BCUT2D eigenvalue weighted by Crippen LogP contribution is -2.24. The molecule has 0 saturated carbocycles. The van der Waals surface area contributed by atoms with E-state index in [1.807, 2.05) is 0 Å². The highest BCUT2D eigenvalue weighted by Gasteiger charge is 2.33. The Hall–Kier alpha value is -1.15. The third kappa shape index (κ3) is 2.99. The Bertz CT molecular complexity index is 588. The molecule has 1 aliphatic heterocycles. The maximum atomic E-state index is 11.9. The SMILES string of the molecule is Nc1cnc(NC(=O)C2CCS(=O)(=O)C2)c(Br)c1. The summed E-state index contributed by atoms with van der Waals surface area (Å²) in [6.45, 7) is 0. The summed E-state index contributed by atoms with van der Waals surface area (Å²) in [5, 5.41) is 2.60. The fourth-order valence-corrected chi connectivity index (χ4v) is 3.97. The molecular weight excluding hydrogens is 322 g/mol. The average molecular weight is 334 g/mol. The number of halogens is 1. The van der Waals surface area contributed by atoms with E-state index in [1.54, 1.807) is 6.07 Å². The molecule has 0 aliphatic carbocycles. The smallest absolute Gasteiger partial charge is 0.229 e. The number of anilines is 2. The van der Waals surface area contributed by atoms with Gasteiger partial charge >= 0.3 is 0 Å². The summed E-state index contributed by atoms with van der Waals surface area (Å²) in [5.41, 5.74) is 6.01. The van der Waals surface area contributed by atoms with Crippen molar-refractivity contribution in [1.82, 2.24) is 4.98 Å². The van der Waals surface area contributed by atoms with Gasteiger partial charge in [0.2, 0.25) is 5.91 Å². The predicted octanol–water partition coefficient (Wildman–Crippen LogP) is 0.799. The number of aromatic nitrogens is 1. The van der Waals surface area contributed by atoms with Crippen LogP contribution >= 0.6 is 15.9 Å². The van der Waals surface area contributed by atoms with E-state index in [4.69, 9.17) is 5.73 Å². The first-order valence-corrected chi connectivity index (χ1v) is 7.91. The highest BCUT2D eigenvalue weighted by molar-refractivity contribution is 9.10. The Labute approximate surface area is 113 Å². The Balaban J connectivity index is 2.08. The van der Waals surface area contributed by atoms with E-state index in [-0.39, 0.29) is 17.4 Å². The molecule has 1 saturated heterocycles. The van der Waals surface area contributed by atoms with E-state index in [2.05, 4.69) is 26.2 Å². The molecule has 0 radical (unpaired) electrons. The molecule has 1 aromatic rings. The second-order valence-corrected chi connectivity index (χ2v) is 7.27. The summed E-state index contributed by atoms with van der Waals surface area (Å²) in [6, 6.07) is 1.62. The van der Waals surface area contributed by atoms with Crippen molar-refractivity contribution in [2.75, 3.05) is 22.6 Å². The number of amides is 1. The van der Waals surface area contributed by atoms with Gasteiger partial charge in [-0.2, -0.15) is 0 Å². The Morgan fingerprint density at radius 1 is 1.56 bits per heavy atom. The summed E-state index contributed by atoms with van der Waals surface area (Å²) >= 11 is 3.23. The fourth-order valence-electron chi connectivity index (χ4n) is 1.77. The molecule has 1 atom stereocenters. The molecule has 2 heterocycles. The Morgan fingerprint density at radius 3 is 2.83 bits per heavy atom. The zero-order valence-corrected chi connectivity index (χ0v) is 11.8. The van der Waals surface area contributed by atoms with Gasteiger partial charge in [0.1, 0.15) is 5.82 Å². The molecule has 1 fully saturated rings. The van der Waals surface area contributed by atoms with Gasteiger partial charge in [0.05, 0.1) is 33.8 Å². The van der Waals surface area contributed by atoms with Crippen LogP contribution in [0.25, 0.3) is 0 Å². The van der Waals surface area contributed by atoms with Gasteiger partial charge in [-0.3, -0.25) is 4.79 Å². The van der Waals surface area contributed by atoms with Crippen molar-refractivity contribution in [3.05, 3.63) is 16.7 Å². The van der Waals surface area contributed by atoms with Crippen molar-refractivity contribution in [2.24, 2.45) is 5.92 Å². The second kappa shape index (κ2) is 4.85. The van der Waals surface area contributed by atoms with E-state index in [9.17, 15) is 13.2 Å². The predicted molar refractivity (Wildman–Crippen MR) is 71.7 cm³/mol. The van der Waals surface area contributed by atoms with Crippen LogP contribution < -0.4 is 11.1 Å². The zero-order chi connectivity index (χ0) is 13.3. The lowest BCUT2D eigenvalue weighted by molar-refractivity contribution is -0.119. The molecule has 0 aromatic carbocycles. The number of nitrogen functional groups attached to an aromatic ring is 1. The molecule has 1 aromatic heterocycles. The van der Waals surface area contributed by atoms with Gasteiger partial charge in [-0.15, -0.1) is 0 Å². The Kier molecular flexibility index (Phi) is 3.58. The van der Waals surface area contributed by atoms with Crippen LogP contribution in [-0.4, -0.2) is 30.8 Å². The molecule has 98 valence electrons. The van der Waals surface area contributed by atoms with E-state index in [0.717, 1.165) is 0 Å². The van der Waals surface area contributed by atoms with Crippen LogP contribution in [0.3, 0.4) is 0 Å². The molecular formula is C10H12BrN3O3S. The number of sulfone groups is 1. The molecule has 3 N–H and O–H groups in total. The van der Waals surface area contributed by atoms with Gasteiger partial charge in [-0.05, 0) is 28.4 Å². The molecule has 8 heteroatoms. The number of carbonyl (C=O) groups is 1. The van der Waals surface area contributed by atoms with Crippen LogP contribution in [0.5, 0.6) is 0 Å². The summed E-state index contributed by atoms with van der Waals surface area (Å²) in [5.74, 6) is -0.499. The molecule has 1 aliphatic rings. The molecule has 2 rings (SSSR count). The number of nitrogens with two attached hydrogens (primary N) is 1. The minimum atomic E-state index is -3.06. The number of pyridine rings is 1. The minimum absolute atomic E-state index is 0.0709. The third-order valence-electron chi connectivity index (χ3n) is 2.71. The summed E-state index contributed by atoms with van der Waals surface area (Å²) < 4.78 is 23.1. The average Bonchev–Trinajstić information content (AvgIpc) is 2.63. The van der Waals surface area contributed by atoms with Crippen LogP contribution in [0.15, 0.2) is 16.7 Å². The van der Waals surface area contributed by atoms with Crippen molar-refractivity contribution < 1.29 is 13.2 Å². The lowest BCUT2D eigenvalue weighted by atomic mass is 10.1. The first kappa shape index (κ1) is 13.3. The maximum absolute atomic E-state index is 11.9. The quantitative estimate of drug-likeness (QED) is 0.833. The topological polar surface area (TPSA) is 102 Å². The second-order valence-electron chi connectivity index (χ2n) is 4.19. The number of hydrogen-bond donors (Lipinski definition) is 2. The number of rotatable bonds is 2. The van der Waals surface area contributed by atoms with E-state index < -0.39 is 15.8 Å². The molecule has 1 amide bonds. The normalized spacial score (nSPS) is 21.7. The first-order valence-electron chi connectivity index (χ1n) is 5.30. The minimum Gasteiger partial charge on any atom is -0.397 e. The van der Waals surface area contributed by atoms with E-state index >= 15 is 0 Å². The maximum Gasteiger partial charge on any atom is 0.229 e. The van der Waals surface area contributed by atoms with Crippen molar-refractivity contribution in [2.45, 2.75) is 6.42 Å². The van der Waals surface area contributed by atoms with Crippen LogP contribution in [0.2, 0.25) is 0 Å². The van der Waals surface area contributed by atoms with Crippen LogP contribution in [-0.2, 0) is 14.6 Å². The molecule has 6 nitrogen and oxygen atoms in total. The van der Waals surface area contributed by atoms with Gasteiger partial charge in [0.25, 0.3) is 0 Å². The van der Waals surface area contributed by atoms with Crippen molar-refractivity contribution in [3.63, 3.8) is 0 Å². The fraction of sp³-hybridized carbons (Fsp3) is 0.400. The number of carbonyl (C=O) groups excluding carboxylic acids is 1. The van der Waals surface area contributed by atoms with Crippen LogP contribution in [0.1, 0.15) is 6.42 Å².